The number of esters is 1. The summed E-state index contributed by atoms with van der Waals surface area (Å²) >= 11 is 8.31. The van der Waals surface area contributed by atoms with Gasteiger partial charge in [-0.25, -0.2) is 9.59 Å². The van der Waals surface area contributed by atoms with Crippen molar-refractivity contribution in [1.82, 2.24) is 15.3 Å². The van der Waals surface area contributed by atoms with Gasteiger partial charge in [-0.15, -0.1) is 16.8 Å². The van der Waals surface area contributed by atoms with Crippen LogP contribution in [0.1, 0.15) is 110 Å². The molecular formula is C52H67ClN4O15S. The van der Waals surface area contributed by atoms with Crippen LogP contribution in [0.5, 0.6) is 5.75 Å². The van der Waals surface area contributed by atoms with E-state index in [1.165, 1.54) is 35.8 Å². The van der Waals surface area contributed by atoms with Crippen LogP contribution in [0.25, 0.3) is 0 Å². The fourth-order valence-electron chi connectivity index (χ4n) is 11.3. The monoisotopic (exact) mass is 1050 g/mol. The number of hydroxylamine groups is 2. The molecule has 1 aromatic rings. The van der Waals surface area contributed by atoms with Gasteiger partial charge in [0.1, 0.15) is 34.7 Å². The maximum Gasteiger partial charge on any atom is 0.409 e. The van der Waals surface area contributed by atoms with E-state index in [-0.39, 0.29) is 67.3 Å². The van der Waals surface area contributed by atoms with Crippen molar-refractivity contribution in [2.45, 2.75) is 152 Å². The van der Waals surface area contributed by atoms with E-state index in [1.54, 1.807) is 32.2 Å². The minimum absolute atomic E-state index is 0.0191. The first-order chi connectivity index (χ1) is 34.7. The van der Waals surface area contributed by atoms with Crippen LogP contribution in [-0.4, -0.2) is 137 Å². The van der Waals surface area contributed by atoms with Crippen LogP contribution in [0.15, 0.2) is 35.9 Å². The fraction of sp³-hybridized carbons (Fsp3) is 0.654. The lowest BCUT2D eigenvalue weighted by molar-refractivity contribution is -0.201. The van der Waals surface area contributed by atoms with Gasteiger partial charge in [-0.3, -0.25) is 39.0 Å². The van der Waals surface area contributed by atoms with Crippen LogP contribution in [0.2, 0.25) is 5.02 Å². The second-order valence-corrected chi connectivity index (χ2v) is 22.6. The number of carbonyl (C=O) groups excluding carboxylic acids is 8. The number of halogens is 1. The molecule has 21 heteroatoms. The molecule has 398 valence electrons. The van der Waals surface area contributed by atoms with Gasteiger partial charge in [0.15, 0.2) is 5.72 Å². The van der Waals surface area contributed by atoms with Gasteiger partial charge in [-0.1, -0.05) is 42.3 Å². The molecule has 4 saturated heterocycles. The molecule has 8 atom stereocenters. The number of hydrogen-bond acceptors (Lipinski definition) is 16. The third kappa shape index (κ3) is 11.9. The number of amides is 6. The number of allylic oxidation sites excluding steroid dienone is 3. The van der Waals surface area contributed by atoms with Gasteiger partial charge in [0.05, 0.1) is 42.4 Å². The highest BCUT2D eigenvalue weighted by atomic mass is 35.5. The Bertz CT molecular complexity index is 2400. The number of aliphatic hydroxyl groups is 1. The molecule has 5 aliphatic heterocycles. The minimum Gasteiger partial charge on any atom is -0.495 e. The van der Waals surface area contributed by atoms with Gasteiger partial charge in [0.2, 0.25) is 17.7 Å². The van der Waals surface area contributed by atoms with Crippen molar-refractivity contribution in [2.75, 3.05) is 38.5 Å². The van der Waals surface area contributed by atoms with Crippen LogP contribution >= 0.6 is 23.4 Å². The van der Waals surface area contributed by atoms with Gasteiger partial charge < -0.3 is 38.5 Å². The second kappa shape index (κ2) is 22.4. The molecule has 0 spiro atoms. The Morgan fingerprint density at radius 1 is 0.904 bits per heavy atom. The number of nitrogens with zero attached hydrogens (tertiary/aromatic N) is 3. The summed E-state index contributed by atoms with van der Waals surface area (Å²) in [7, 11) is 4.53. The summed E-state index contributed by atoms with van der Waals surface area (Å²) in [5, 5.41) is 14.7. The van der Waals surface area contributed by atoms with E-state index in [0.717, 1.165) is 11.1 Å². The SMILES string of the molecule is COc1cc2cc(c1Cl)N(C)C(=O)C[C@H](OC(=O)C1CCC(CSC3CC(=O)N(C[C@H]4CC[C@H](C(=O)ON5C(=O)CCC5=O)CC4)C3=O)CC1)[C@]1(C)O[C@H]1[C@H](C)C1C[C@@](O)(NC(=O)O1)[C@H](OC)/C=C/C=C(\C)C2. The third-order valence-electron chi connectivity index (χ3n) is 15.9. The van der Waals surface area contributed by atoms with Crippen molar-refractivity contribution in [1.29, 1.82) is 0 Å². The summed E-state index contributed by atoms with van der Waals surface area (Å²) in [4.78, 5) is 113. The van der Waals surface area contributed by atoms with Crippen molar-refractivity contribution in [2.24, 2.45) is 29.6 Å². The van der Waals surface area contributed by atoms with Crippen LogP contribution in [0, 0.1) is 29.6 Å². The Labute approximate surface area is 434 Å². The van der Waals surface area contributed by atoms with E-state index in [4.69, 9.17) is 40.1 Å². The van der Waals surface area contributed by atoms with E-state index in [0.29, 0.717) is 80.0 Å². The summed E-state index contributed by atoms with van der Waals surface area (Å²) in [6.07, 6.45) is 5.68. The maximum atomic E-state index is 14.4. The molecule has 2 N–H and O–H groups in total. The number of rotatable bonds is 11. The van der Waals surface area contributed by atoms with Crippen LogP contribution in [0.4, 0.5) is 10.5 Å². The molecule has 2 saturated carbocycles. The lowest BCUT2D eigenvalue weighted by atomic mass is 9.82. The molecule has 8 rings (SSSR count). The highest BCUT2D eigenvalue weighted by Gasteiger charge is 2.64. The number of methoxy groups -OCH3 is 2. The van der Waals surface area contributed by atoms with Gasteiger partial charge in [-0.2, -0.15) is 0 Å². The lowest BCUT2D eigenvalue weighted by Gasteiger charge is -2.42. The molecular weight excluding hydrogens is 988 g/mol. The van der Waals surface area contributed by atoms with Crippen molar-refractivity contribution in [3.63, 3.8) is 0 Å². The van der Waals surface area contributed by atoms with Gasteiger partial charge >= 0.3 is 18.0 Å². The van der Waals surface area contributed by atoms with Crippen LogP contribution in [0.3, 0.4) is 0 Å². The highest BCUT2D eigenvalue weighted by molar-refractivity contribution is 8.00. The van der Waals surface area contributed by atoms with E-state index < -0.39 is 94.5 Å². The Morgan fingerprint density at radius 2 is 1.56 bits per heavy atom. The molecule has 2 aliphatic carbocycles. The molecule has 6 amide bonds. The van der Waals surface area contributed by atoms with Gasteiger partial charge in [0.25, 0.3) is 11.8 Å². The van der Waals surface area contributed by atoms with Crippen molar-refractivity contribution in [3.05, 3.63) is 46.5 Å². The number of carbonyl (C=O) groups is 8. The Kier molecular flexibility index (Phi) is 16.7. The quantitative estimate of drug-likeness (QED) is 0.152. The number of hydrogen-bond donors (Lipinski definition) is 2. The first kappa shape index (κ1) is 54.2. The van der Waals surface area contributed by atoms with E-state index in [1.807, 2.05) is 26.0 Å². The number of alkyl carbamates (subject to hydrolysis) is 1. The number of nitrogens with one attached hydrogen (secondary N) is 1. The third-order valence-corrected chi connectivity index (χ3v) is 17.7. The first-order valence-electron chi connectivity index (χ1n) is 25.3. The number of imide groups is 2. The summed E-state index contributed by atoms with van der Waals surface area (Å²) < 4.78 is 29.8. The smallest absolute Gasteiger partial charge is 0.409 e. The predicted octanol–water partition coefficient (Wildman–Crippen LogP) is 5.75. The Hall–Kier alpha value is -5.02. The normalized spacial score (nSPS) is 35.4. The molecule has 7 aliphatic rings. The molecule has 4 bridgehead atoms. The average Bonchev–Trinajstić information content (AvgIpc) is 3.87. The standard InChI is InChI=1S/C52H67ClN4O15S/c1-28-8-7-9-39(68-6)52(66)25-37(69-50(65)54-52)29(2)46-51(3,71-46)40(24-43(60)55(4)35-21-32(20-28)22-36(67-5)45(35)53)70-48(63)33-16-12-31(13-17-33)27-73-38-23-44(61)56(47(38)62)26-30-10-14-34(15-11-30)49(64)72-57-41(58)18-19-42(57)59/h7-9,21-22,29-31,33-34,37-40,46,66H,10-20,23-27H2,1-6H3,(H,54,65)/b9-7+,28-8+/t29-,30-,31?,33?,34-,37?,38?,39-,40+,46+,51+,52+/m1/s1. The first-order valence-corrected chi connectivity index (χ1v) is 26.8. The molecule has 0 aromatic heterocycles. The largest absolute Gasteiger partial charge is 0.495 e. The molecule has 1 aromatic carbocycles. The fourth-order valence-corrected chi connectivity index (χ4v) is 13.0. The van der Waals surface area contributed by atoms with Crippen molar-refractivity contribution < 1.29 is 72.0 Å². The van der Waals surface area contributed by atoms with Gasteiger partial charge in [0, 0.05) is 52.3 Å². The number of epoxide rings is 1. The Balaban J connectivity index is 0.888. The highest BCUT2D eigenvalue weighted by Crippen LogP contribution is 2.50. The number of thioether (sulfide) groups is 1. The lowest BCUT2D eigenvalue weighted by Crippen LogP contribution is -2.63. The maximum absolute atomic E-state index is 14.4. The van der Waals surface area contributed by atoms with E-state index in [9.17, 15) is 43.5 Å². The van der Waals surface area contributed by atoms with Crippen molar-refractivity contribution in [3.8, 4) is 5.75 Å². The average molecular weight is 1060 g/mol. The zero-order valence-corrected chi connectivity index (χ0v) is 43.8. The van der Waals surface area contributed by atoms with E-state index >= 15 is 0 Å². The molecule has 6 fully saturated rings. The number of likely N-dealkylation sites (tertiary alicyclic amines) is 1. The molecule has 5 heterocycles. The molecule has 19 nitrogen and oxygen atoms in total. The number of anilines is 1. The zero-order valence-electron chi connectivity index (χ0n) is 42.3. The molecule has 2 unspecified atom stereocenters. The van der Waals surface area contributed by atoms with Crippen LogP contribution in [-0.2, 0) is 63.8 Å². The number of ether oxygens (including phenoxy) is 5. The minimum atomic E-state index is -1.84. The van der Waals surface area contributed by atoms with E-state index in [2.05, 4.69) is 5.32 Å². The molecule has 73 heavy (non-hydrogen) atoms. The molecule has 0 radical (unpaired) electrons. The number of benzene rings is 1. The van der Waals surface area contributed by atoms with Gasteiger partial charge in [-0.05, 0) is 107 Å². The Morgan fingerprint density at radius 3 is 2.22 bits per heavy atom. The van der Waals surface area contributed by atoms with Crippen LogP contribution < -0.4 is 15.0 Å². The zero-order chi connectivity index (χ0) is 52.5. The van der Waals surface area contributed by atoms with Crippen molar-refractivity contribution >= 4 is 76.6 Å². The predicted molar refractivity (Wildman–Crippen MR) is 264 cm³/mol. The number of fused-ring (bicyclic) bond motifs is 5. The topological polar surface area (TPSA) is 237 Å². The second-order valence-electron chi connectivity index (χ2n) is 21.0. The summed E-state index contributed by atoms with van der Waals surface area (Å²) in [5.41, 5.74) is -0.900. The summed E-state index contributed by atoms with van der Waals surface area (Å²) in [6, 6.07) is 3.61. The summed E-state index contributed by atoms with van der Waals surface area (Å²) in [5.74, 6) is -3.24. The summed E-state index contributed by atoms with van der Waals surface area (Å²) in [6.45, 7) is 5.79.